The van der Waals surface area contributed by atoms with Crippen molar-refractivity contribution in [2.75, 3.05) is 27.8 Å². The van der Waals surface area contributed by atoms with Gasteiger partial charge in [-0.05, 0) is 72.0 Å². The number of nitrogens with zero attached hydrogens (tertiary/aromatic N) is 5. The Morgan fingerprint density at radius 2 is 1.83 bits per heavy atom. The van der Waals surface area contributed by atoms with Gasteiger partial charge in [0.25, 0.3) is 5.56 Å². The predicted molar refractivity (Wildman–Crippen MR) is 210 cm³/mol. The van der Waals surface area contributed by atoms with Crippen molar-refractivity contribution in [1.29, 1.82) is 0 Å². The third-order valence-electron chi connectivity index (χ3n) is 11.5. The van der Waals surface area contributed by atoms with Crippen LogP contribution in [0.4, 0.5) is 0 Å². The summed E-state index contributed by atoms with van der Waals surface area (Å²) in [5, 5.41) is 18.8. The molecule has 0 unspecified atom stereocenters. The van der Waals surface area contributed by atoms with Crippen molar-refractivity contribution in [3.8, 4) is 0 Å². The first-order valence-electron chi connectivity index (χ1n) is 20.3. The summed E-state index contributed by atoms with van der Waals surface area (Å²) in [6.07, 6.45) is 13.5. The van der Waals surface area contributed by atoms with Crippen LogP contribution in [0.2, 0.25) is 0 Å². The molecule has 0 amide bonds. The Bertz CT molecular complexity index is 1890. The van der Waals surface area contributed by atoms with Crippen molar-refractivity contribution in [2.24, 2.45) is 11.8 Å². The molecule has 4 aliphatic rings. The number of allylic oxidation sites excluding steroid dienone is 2. The van der Waals surface area contributed by atoms with Crippen molar-refractivity contribution >= 4 is 5.97 Å². The number of aliphatic hydroxyl groups is 1. The Kier molecular flexibility index (Phi) is 14.9. The van der Waals surface area contributed by atoms with E-state index in [4.69, 9.17) is 33.2 Å². The Hall–Kier alpha value is -3.97. The molecule has 17 nitrogen and oxygen atoms in total. The average molecular weight is 813 g/mol. The zero-order chi connectivity index (χ0) is 41.5. The zero-order valence-corrected chi connectivity index (χ0v) is 34.6. The van der Waals surface area contributed by atoms with Gasteiger partial charge < -0.3 is 43.2 Å². The molecule has 12 atom stereocenters. The standard InChI is InChI=1S/C41H60N6O11/c1-24-17-28-18-38(53-23-29-21-47(44-43-29)31-19-35(56-34(31)22-48)46-20-25(2)40(50)42-41(46)51)58-39(28)33(52-7)14-15-36(49)54-26(3)11-9-8-10-12-32(24)57-37-16-13-30(45(5)6)27(4)55-37/h8-10,12,14,20-21,24,26-28,30-32,34-35,37-39,48H,11,13,15-19,22-23H2,1-7H3,(H,42,50,51)/b9-8+,12-10+,33-14-/t24-,26-,27-,28-,30+,31+,32+,34-,35-,37+,38-,39-/m1/s1. The number of aliphatic hydroxyl groups excluding tert-OH is 1. The van der Waals surface area contributed by atoms with Crippen LogP contribution in [0.1, 0.15) is 89.2 Å². The van der Waals surface area contributed by atoms with Crippen molar-refractivity contribution < 1.29 is 43.1 Å². The van der Waals surface area contributed by atoms with E-state index in [0.29, 0.717) is 48.7 Å². The molecule has 6 heterocycles. The summed E-state index contributed by atoms with van der Waals surface area (Å²) in [5.74, 6) is 0.169. The number of rotatable bonds is 10. The second-order valence-electron chi connectivity index (χ2n) is 16.1. The number of esters is 1. The molecule has 0 bridgehead atoms. The van der Waals surface area contributed by atoms with Crippen LogP contribution >= 0.6 is 0 Å². The fraction of sp³-hybridized carbons (Fsp3) is 0.683. The largest absolute Gasteiger partial charge is 0.499 e. The minimum absolute atomic E-state index is 0.0296. The number of likely N-dealkylation sites (N-methyl/N-ethyl adjacent to an activating group) is 1. The van der Waals surface area contributed by atoms with E-state index in [0.717, 1.165) is 12.8 Å². The maximum Gasteiger partial charge on any atom is 0.330 e. The number of cyclic esters (lactones) is 1. The highest BCUT2D eigenvalue weighted by molar-refractivity contribution is 5.71. The number of aromatic nitrogens is 5. The lowest BCUT2D eigenvalue weighted by molar-refractivity contribution is -0.224. The van der Waals surface area contributed by atoms with Crippen molar-refractivity contribution in [3.05, 3.63) is 80.6 Å². The number of methoxy groups -OCH3 is 1. The lowest BCUT2D eigenvalue weighted by Gasteiger charge is -2.39. The van der Waals surface area contributed by atoms with Crippen LogP contribution in [-0.2, 0) is 44.6 Å². The van der Waals surface area contributed by atoms with E-state index in [1.54, 1.807) is 31.0 Å². The highest BCUT2D eigenvalue weighted by Gasteiger charge is 2.42. The van der Waals surface area contributed by atoms with Gasteiger partial charge in [0.05, 0.1) is 51.2 Å². The first kappa shape index (κ1) is 43.6. The minimum atomic E-state index is -0.719. The van der Waals surface area contributed by atoms with Gasteiger partial charge in [-0.15, -0.1) is 5.10 Å². The summed E-state index contributed by atoms with van der Waals surface area (Å²) in [7, 11) is 5.73. The van der Waals surface area contributed by atoms with Gasteiger partial charge in [0, 0.05) is 37.1 Å². The van der Waals surface area contributed by atoms with Gasteiger partial charge >= 0.3 is 11.7 Å². The fourth-order valence-corrected chi connectivity index (χ4v) is 8.39. The van der Waals surface area contributed by atoms with Gasteiger partial charge in [0.1, 0.15) is 36.0 Å². The molecule has 0 spiro atoms. The molecule has 0 radical (unpaired) electrons. The summed E-state index contributed by atoms with van der Waals surface area (Å²) in [6.45, 7) is 7.51. The molecule has 4 aliphatic heterocycles. The molecule has 2 aromatic heterocycles. The third-order valence-corrected chi connectivity index (χ3v) is 11.5. The summed E-state index contributed by atoms with van der Waals surface area (Å²) in [5.41, 5.74) is -0.161. The maximum atomic E-state index is 12.8. The van der Waals surface area contributed by atoms with E-state index >= 15 is 0 Å². The number of hydrogen-bond donors (Lipinski definition) is 2. The van der Waals surface area contributed by atoms with Gasteiger partial charge in [0.2, 0.25) is 0 Å². The van der Waals surface area contributed by atoms with Crippen LogP contribution in [0, 0.1) is 18.8 Å². The molecule has 6 rings (SSSR count). The van der Waals surface area contributed by atoms with E-state index in [1.165, 1.54) is 10.8 Å². The molecule has 3 fully saturated rings. The number of aromatic amines is 1. The smallest absolute Gasteiger partial charge is 0.330 e. The molecule has 58 heavy (non-hydrogen) atoms. The van der Waals surface area contributed by atoms with Crippen LogP contribution in [0.15, 0.2) is 58.1 Å². The third kappa shape index (κ3) is 10.8. The number of ether oxygens (including phenoxy) is 7. The van der Waals surface area contributed by atoms with Crippen LogP contribution in [0.25, 0.3) is 0 Å². The molecule has 2 aromatic rings. The van der Waals surface area contributed by atoms with Crippen LogP contribution in [0.3, 0.4) is 0 Å². The SMILES string of the molecule is CO/C1=C\CC(=O)O[C@H](C)C/C=C/C=C/[C@H](O[C@H]2CC[C@H](N(C)C)[C@@H](C)O2)[C@H](C)C[C@@H]2C[C@H](OCc3cn([C@H]4C[C@H](n5cc(C)c(=O)[nH]c5=O)O[C@@H]4CO)nn3)O[C@@H]12. The Morgan fingerprint density at radius 1 is 1.02 bits per heavy atom. The predicted octanol–water partition coefficient (Wildman–Crippen LogP) is 3.44. The summed E-state index contributed by atoms with van der Waals surface area (Å²) in [6, 6.07) is -0.105. The van der Waals surface area contributed by atoms with Gasteiger partial charge in [0.15, 0.2) is 12.6 Å². The monoisotopic (exact) mass is 812 g/mol. The minimum Gasteiger partial charge on any atom is -0.499 e. The Morgan fingerprint density at radius 3 is 2.57 bits per heavy atom. The molecule has 17 heteroatoms. The highest BCUT2D eigenvalue weighted by atomic mass is 16.7. The molecule has 0 aromatic carbocycles. The Balaban J connectivity index is 1.15. The number of carbonyl (C=O) groups excluding carboxylic acids is 1. The van der Waals surface area contributed by atoms with Crippen molar-refractivity contribution in [3.63, 3.8) is 0 Å². The second-order valence-corrected chi connectivity index (χ2v) is 16.1. The van der Waals surface area contributed by atoms with Crippen molar-refractivity contribution in [1.82, 2.24) is 29.4 Å². The molecule has 2 N–H and O–H groups in total. The maximum absolute atomic E-state index is 12.8. The number of carbonyl (C=O) groups is 1. The summed E-state index contributed by atoms with van der Waals surface area (Å²) >= 11 is 0. The topological polar surface area (TPSA) is 191 Å². The van der Waals surface area contributed by atoms with E-state index in [9.17, 15) is 19.5 Å². The molecule has 3 saturated heterocycles. The van der Waals surface area contributed by atoms with Gasteiger partial charge in [-0.2, -0.15) is 0 Å². The molecular weight excluding hydrogens is 752 g/mol. The van der Waals surface area contributed by atoms with Crippen molar-refractivity contribution in [2.45, 2.75) is 141 Å². The first-order valence-corrected chi connectivity index (χ1v) is 20.3. The van der Waals surface area contributed by atoms with Gasteiger partial charge in [-0.3, -0.25) is 19.1 Å². The fourth-order valence-electron chi connectivity index (χ4n) is 8.39. The summed E-state index contributed by atoms with van der Waals surface area (Å²) in [4.78, 5) is 41.8. The number of H-pyrrole nitrogens is 1. The van der Waals surface area contributed by atoms with Gasteiger partial charge in [-0.25, -0.2) is 9.48 Å². The number of fused-ring (bicyclic) bond motifs is 1. The second kappa shape index (κ2) is 19.9. The lowest BCUT2D eigenvalue weighted by atomic mass is 9.86. The molecule has 0 aliphatic carbocycles. The lowest BCUT2D eigenvalue weighted by Crippen LogP contribution is -2.46. The highest BCUT2D eigenvalue weighted by Crippen LogP contribution is 2.39. The van der Waals surface area contributed by atoms with Crippen LogP contribution in [-0.4, -0.2) is 117 Å². The summed E-state index contributed by atoms with van der Waals surface area (Å²) < 4.78 is 46.4. The normalized spacial score (nSPS) is 35.9. The average Bonchev–Trinajstić information content (AvgIpc) is 3.93. The number of nitrogens with one attached hydrogen (secondary N) is 1. The number of hydrogen-bond acceptors (Lipinski definition) is 14. The number of aryl methyl sites for hydroxylation is 1. The zero-order valence-electron chi connectivity index (χ0n) is 34.6. The van der Waals surface area contributed by atoms with E-state index in [1.807, 2.05) is 25.2 Å². The quantitative estimate of drug-likeness (QED) is 0.332. The molecule has 320 valence electrons. The van der Waals surface area contributed by atoms with Crippen LogP contribution < -0.4 is 11.2 Å². The van der Waals surface area contributed by atoms with Crippen LogP contribution in [0.5, 0.6) is 0 Å². The van der Waals surface area contributed by atoms with Gasteiger partial charge in [-0.1, -0.05) is 36.4 Å². The van der Waals surface area contributed by atoms with E-state index < -0.39 is 42.0 Å². The molecule has 0 saturated carbocycles. The van der Waals surface area contributed by atoms with E-state index in [-0.39, 0.29) is 62.0 Å². The Labute approximate surface area is 338 Å². The first-order chi connectivity index (χ1) is 27.8. The molecular formula is C41H60N6O11. The van der Waals surface area contributed by atoms with E-state index in [2.05, 4.69) is 54.2 Å².